The molecule has 0 aromatic carbocycles. The van der Waals surface area contributed by atoms with Crippen LogP contribution in [0.25, 0.3) is 11.0 Å². The summed E-state index contributed by atoms with van der Waals surface area (Å²) in [7, 11) is 0. The average molecular weight is 332 g/mol. The van der Waals surface area contributed by atoms with Crippen molar-refractivity contribution in [1.29, 1.82) is 0 Å². The van der Waals surface area contributed by atoms with Crippen molar-refractivity contribution in [2.24, 2.45) is 0 Å². The molecule has 0 saturated heterocycles. The molecule has 0 fully saturated rings. The van der Waals surface area contributed by atoms with Crippen LogP contribution in [0, 0.1) is 0 Å². The van der Waals surface area contributed by atoms with E-state index in [0.717, 1.165) is 34.2 Å². The first-order valence-corrected chi connectivity index (χ1v) is 7.94. The smallest absolute Gasteiger partial charge is 0.112 e. The largest absolute Gasteiger partial charge is 0.383 e. The maximum absolute atomic E-state index is 4.46. The first-order valence-electron chi connectivity index (χ1n) is 7.15. The van der Waals surface area contributed by atoms with Crippen LogP contribution < -0.4 is 5.32 Å². The van der Waals surface area contributed by atoms with Crippen LogP contribution in [-0.2, 0) is 0 Å². The fourth-order valence-electron chi connectivity index (χ4n) is 2.64. The maximum atomic E-state index is 4.46. The van der Waals surface area contributed by atoms with Crippen LogP contribution in [0.4, 0.5) is 5.69 Å². The monoisotopic (exact) mass is 331 g/mol. The second kappa shape index (κ2) is 6.35. The number of anilines is 1. The van der Waals surface area contributed by atoms with Gasteiger partial charge < -0.3 is 5.32 Å². The molecule has 20 heavy (non-hydrogen) atoms. The number of hydrogen-bond acceptors (Lipinski definition) is 3. The van der Waals surface area contributed by atoms with Crippen molar-refractivity contribution < 1.29 is 0 Å². The molecule has 0 amide bonds. The van der Waals surface area contributed by atoms with E-state index < -0.39 is 0 Å². The number of nitrogens with one attached hydrogen (secondary N) is 1. The molecular formula is C16H18BrN3. The lowest BCUT2D eigenvalue weighted by Crippen LogP contribution is -2.05. The third kappa shape index (κ3) is 3.18. The van der Waals surface area contributed by atoms with Gasteiger partial charge in [0.25, 0.3) is 0 Å². The van der Waals surface area contributed by atoms with Crippen LogP contribution in [-0.4, -0.2) is 16.5 Å². The molecule has 0 bridgehead atoms. The zero-order chi connectivity index (χ0) is 13.8. The predicted molar refractivity (Wildman–Crippen MR) is 86.9 cm³/mol. The van der Waals surface area contributed by atoms with Crippen LogP contribution in [0.5, 0.6) is 0 Å². The molecular weight excluding hydrogens is 314 g/mol. The van der Waals surface area contributed by atoms with Crippen molar-refractivity contribution in [1.82, 2.24) is 9.97 Å². The van der Waals surface area contributed by atoms with E-state index >= 15 is 0 Å². The molecule has 2 heterocycles. The molecule has 0 spiro atoms. The standard InChI is InChI=1S/C16H18BrN3/c17-13-10-15-16(20-11-13)14(7-9-19-15)18-8-6-12-4-2-1-3-5-12/h4,7,9-11H,1-3,5-6,8H2,(H,18,19). The Morgan fingerprint density at radius 1 is 1.25 bits per heavy atom. The highest BCUT2D eigenvalue weighted by Gasteiger charge is 2.06. The van der Waals surface area contributed by atoms with E-state index in [1.807, 2.05) is 24.5 Å². The fraction of sp³-hybridized carbons (Fsp3) is 0.375. The number of halogens is 1. The molecule has 0 saturated carbocycles. The Morgan fingerprint density at radius 2 is 2.20 bits per heavy atom. The first kappa shape index (κ1) is 13.6. The van der Waals surface area contributed by atoms with Crippen molar-refractivity contribution in [3.63, 3.8) is 0 Å². The van der Waals surface area contributed by atoms with Crippen molar-refractivity contribution >= 4 is 32.7 Å². The second-order valence-electron chi connectivity index (χ2n) is 5.16. The summed E-state index contributed by atoms with van der Waals surface area (Å²) in [4.78, 5) is 8.82. The van der Waals surface area contributed by atoms with Crippen LogP contribution in [0.1, 0.15) is 32.1 Å². The van der Waals surface area contributed by atoms with Gasteiger partial charge in [-0.3, -0.25) is 9.97 Å². The van der Waals surface area contributed by atoms with E-state index in [0.29, 0.717) is 0 Å². The SMILES string of the molecule is Brc1cnc2c(NCCC3=CCCCC3)ccnc2c1. The van der Waals surface area contributed by atoms with Crippen LogP contribution in [0.15, 0.2) is 40.6 Å². The number of nitrogens with zero attached hydrogens (tertiary/aromatic N) is 2. The summed E-state index contributed by atoms with van der Waals surface area (Å²) in [5, 5.41) is 3.50. The first-order chi connectivity index (χ1) is 9.83. The molecule has 2 aromatic heterocycles. The van der Waals surface area contributed by atoms with Crippen molar-refractivity contribution in [3.8, 4) is 0 Å². The Bertz CT molecular complexity index is 637. The highest BCUT2D eigenvalue weighted by molar-refractivity contribution is 9.10. The Labute approximate surface area is 127 Å². The lowest BCUT2D eigenvalue weighted by atomic mass is 9.97. The number of pyridine rings is 2. The zero-order valence-corrected chi connectivity index (χ0v) is 13.0. The Hall–Kier alpha value is -1.42. The molecule has 4 heteroatoms. The predicted octanol–water partition coefficient (Wildman–Crippen LogP) is 4.69. The fourth-order valence-corrected chi connectivity index (χ4v) is 2.96. The van der Waals surface area contributed by atoms with Gasteiger partial charge in [0.15, 0.2) is 0 Å². The van der Waals surface area contributed by atoms with Gasteiger partial charge in [0.05, 0.1) is 11.2 Å². The highest BCUT2D eigenvalue weighted by Crippen LogP contribution is 2.23. The van der Waals surface area contributed by atoms with E-state index in [1.165, 1.54) is 25.7 Å². The number of hydrogen-bond donors (Lipinski definition) is 1. The number of aromatic nitrogens is 2. The molecule has 1 aliphatic rings. The molecule has 0 aliphatic heterocycles. The third-order valence-electron chi connectivity index (χ3n) is 3.69. The van der Waals surface area contributed by atoms with Gasteiger partial charge in [0, 0.05) is 23.4 Å². The summed E-state index contributed by atoms with van der Waals surface area (Å²) in [5.41, 5.74) is 4.52. The van der Waals surface area contributed by atoms with E-state index in [4.69, 9.17) is 0 Å². The van der Waals surface area contributed by atoms with Crippen LogP contribution in [0.2, 0.25) is 0 Å². The lowest BCUT2D eigenvalue weighted by Gasteiger charge is -2.14. The van der Waals surface area contributed by atoms with Gasteiger partial charge in [-0.05, 0) is 60.2 Å². The van der Waals surface area contributed by atoms with Gasteiger partial charge in [-0.25, -0.2) is 0 Å². The van der Waals surface area contributed by atoms with E-state index in [-0.39, 0.29) is 0 Å². The molecule has 3 nitrogen and oxygen atoms in total. The number of rotatable bonds is 4. The minimum atomic E-state index is 0.918. The lowest BCUT2D eigenvalue weighted by molar-refractivity contribution is 0.679. The topological polar surface area (TPSA) is 37.8 Å². The second-order valence-corrected chi connectivity index (χ2v) is 6.08. The van der Waals surface area contributed by atoms with Crippen molar-refractivity contribution in [3.05, 3.63) is 40.6 Å². The Morgan fingerprint density at radius 3 is 3.05 bits per heavy atom. The van der Waals surface area contributed by atoms with Gasteiger partial charge in [0.1, 0.15) is 5.52 Å². The Kier molecular flexibility index (Phi) is 4.31. The average Bonchev–Trinajstić information content (AvgIpc) is 2.48. The zero-order valence-electron chi connectivity index (χ0n) is 11.4. The molecule has 1 N–H and O–H groups in total. The van der Waals surface area contributed by atoms with Gasteiger partial charge in [-0.15, -0.1) is 0 Å². The molecule has 0 radical (unpaired) electrons. The normalized spacial score (nSPS) is 15.2. The van der Waals surface area contributed by atoms with Crippen LogP contribution in [0.3, 0.4) is 0 Å². The molecule has 0 unspecified atom stereocenters. The highest BCUT2D eigenvalue weighted by atomic mass is 79.9. The van der Waals surface area contributed by atoms with Gasteiger partial charge in [-0.1, -0.05) is 11.6 Å². The van der Waals surface area contributed by atoms with E-state index in [2.05, 4.69) is 37.3 Å². The third-order valence-corrected chi connectivity index (χ3v) is 4.12. The molecule has 104 valence electrons. The summed E-state index contributed by atoms with van der Waals surface area (Å²) < 4.78 is 0.960. The molecule has 0 atom stereocenters. The van der Waals surface area contributed by atoms with Gasteiger partial charge in [0.2, 0.25) is 0 Å². The van der Waals surface area contributed by atoms with E-state index in [9.17, 15) is 0 Å². The number of allylic oxidation sites excluding steroid dienone is 1. The molecule has 2 aromatic rings. The summed E-state index contributed by atoms with van der Waals surface area (Å²) >= 11 is 3.43. The van der Waals surface area contributed by atoms with E-state index in [1.54, 1.807) is 5.57 Å². The quantitative estimate of drug-likeness (QED) is 0.825. The minimum Gasteiger partial charge on any atom is -0.383 e. The van der Waals surface area contributed by atoms with Crippen molar-refractivity contribution in [2.45, 2.75) is 32.1 Å². The summed E-state index contributed by atoms with van der Waals surface area (Å²) in [6.45, 7) is 0.961. The maximum Gasteiger partial charge on any atom is 0.112 e. The Balaban J connectivity index is 1.69. The van der Waals surface area contributed by atoms with Gasteiger partial charge >= 0.3 is 0 Å². The minimum absolute atomic E-state index is 0.918. The molecule has 3 rings (SSSR count). The van der Waals surface area contributed by atoms with Gasteiger partial charge in [-0.2, -0.15) is 0 Å². The van der Waals surface area contributed by atoms with Crippen LogP contribution >= 0.6 is 15.9 Å². The summed E-state index contributed by atoms with van der Waals surface area (Å²) in [5.74, 6) is 0. The molecule has 1 aliphatic carbocycles. The van der Waals surface area contributed by atoms with Crippen molar-refractivity contribution in [2.75, 3.05) is 11.9 Å². The number of fused-ring (bicyclic) bond motifs is 1. The summed E-state index contributed by atoms with van der Waals surface area (Å²) in [6, 6.07) is 4.00. The summed E-state index contributed by atoms with van der Waals surface area (Å²) in [6.07, 6.45) is 12.4.